The molecule has 76 valence electrons. The fourth-order valence-electron chi connectivity index (χ4n) is 1.17. The van der Waals surface area contributed by atoms with Crippen molar-refractivity contribution >= 4 is 11.6 Å². The van der Waals surface area contributed by atoms with E-state index in [-0.39, 0.29) is 12.3 Å². The first-order chi connectivity index (χ1) is 6.61. The Morgan fingerprint density at radius 2 is 2.00 bits per heavy atom. The Morgan fingerprint density at radius 3 is 2.50 bits per heavy atom. The monoisotopic (exact) mass is 195 g/mol. The third-order valence-electron chi connectivity index (χ3n) is 1.97. The highest BCUT2D eigenvalue weighted by Crippen LogP contribution is 2.13. The summed E-state index contributed by atoms with van der Waals surface area (Å²) in [6.07, 6.45) is -1.15. The molecule has 0 aromatic heterocycles. The molecule has 0 spiro atoms. The molecule has 0 heterocycles. The number of hydrogen-bond acceptors (Lipinski definition) is 1. The summed E-state index contributed by atoms with van der Waals surface area (Å²) in [7, 11) is 1.65. The minimum Gasteiger partial charge on any atom is -0.315 e. The van der Waals surface area contributed by atoms with Crippen LogP contribution in [0.4, 0.5) is 10.1 Å². The van der Waals surface area contributed by atoms with E-state index < -0.39 is 6.17 Å². The van der Waals surface area contributed by atoms with Crippen molar-refractivity contribution in [3.8, 4) is 0 Å². The molecule has 0 radical (unpaired) electrons. The molecule has 0 aliphatic rings. The van der Waals surface area contributed by atoms with Crippen molar-refractivity contribution in [1.82, 2.24) is 0 Å². The van der Waals surface area contributed by atoms with E-state index in [0.29, 0.717) is 0 Å². The molecule has 0 bridgehead atoms. The summed E-state index contributed by atoms with van der Waals surface area (Å²) in [4.78, 5) is 12.9. The molecule has 3 heteroatoms. The summed E-state index contributed by atoms with van der Waals surface area (Å²) in [5.74, 6) is -0.203. The second kappa shape index (κ2) is 4.74. The predicted molar refractivity (Wildman–Crippen MR) is 55.0 cm³/mol. The average Bonchev–Trinajstić information content (AvgIpc) is 2.17. The van der Waals surface area contributed by atoms with Crippen LogP contribution >= 0.6 is 0 Å². The second-order valence-electron chi connectivity index (χ2n) is 3.27. The van der Waals surface area contributed by atoms with E-state index in [1.54, 1.807) is 7.05 Å². The largest absolute Gasteiger partial charge is 0.315 e. The van der Waals surface area contributed by atoms with Crippen LogP contribution in [0, 0.1) is 0 Å². The van der Waals surface area contributed by atoms with Crippen LogP contribution in [0.15, 0.2) is 30.3 Å². The molecule has 14 heavy (non-hydrogen) atoms. The SMILES string of the molecule is CC(F)CC(=O)N(C)c1ccccc1. The van der Waals surface area contributed by atoms with Crippen LogP contribution in [0.3, 0.4) is 0 Å². The number of carbonyl (C=O) groups is 1. The van der Waals surface area contributed by atoms with Gasteiger partial charge in [0.2, 0.25) is 5.91 Å². The van der Waals surface area contributed by atoms with Gasteiger partial charge in [-0.15, -0.1) is 0 Å². The summed E-state index contributed by atoms with van der Waals surface area (Å²) in [5.41, 5.74) is 0.790. The number of hydrogen-bond donors (Lipinski definition) is 0. The number of alkyl halides is 1. The normalized spacial score (nSPS) is 12.2. The topological polar surface area (TPSA) is 20.3 Å². The molecule has 0 aliphatic heterocycles. The van der Waals surface area contributed by atoms with E-state index in [4.69, 9.17) is 0 Å². The number of amides is 1. The first kappa shape index (κ1) is 10.7. The number of benzene rings is 1. The van der Waals surface area contributed by atoms with Crippen molar-refractivity contribution in [1.29, 1.82) is 0 Å². The molecule has 2 nitrogen and oxygen atoms in total. The number of carbonyl (C=O) groups excluding carboxylic acids is 1. The van der Waals surface area contributed by atoms with Gasteiger partial charge >= 0.3 is 0 Å². The van der Waals surface area contributed by atoms with Gasteiger partial charge in [-0.1, -0.05) is 18.2 Å². The van der Waals surface area contributed by atoms with Gasteiger partial charge in [-0.25, -0.2) is 4.39 Å². The lowest BCUT2D eigenvalue weighted by Gasteiger charge is -2.17. The second-order valence-corrected chi connectivity index (χ2v) is 3.27. The summed E-state index contributed by atoms with van der Waals surface area (Å²) < 4.78 is 12.6. The van der Waals surface area contributed by atoms with Gasteiger partial charge in [0, 0.05) is 12.7 Å². The molecule has 0 N–H and O–H groups in total. The molecule has 1 aromatic carbocycles. The Bertz CT molecular complexity index is 297. The summed E-state index contributed by atoms with van der Waals surface area (Å²) in [5, 5.41) is 0. The molecule has 1 amide bonds. The number of rotatable bonds is 3. The maximum absolute atomic E-state index is 12.6. The van der Waals surface area contributed by atoms with Gasteiger partial charge in [-0.3, -0.25) is 4.79 Å². The predicted octanol–water partition coefficient (Wildman–Crippen LogP) is 2.40. The molecule has 1 aromatic rings. The number of halogens is 1. The van der Waals surface area contributed by atoms with Gasteiger partial charge in [-0.05, 0) is 19.1 Å². The van der Waals surface area contributed by atoms with Gasteiger partial charge in [0.25, 0.3) is 0 Å². The quantitative estimate of drug-likeness (QED) is 0.725. The maximum atomic E-state index is 12.6. The average molecular weight is 195 g/mol. The van der Waals surface area contributed by atoms with Gasteiger partial charge in [0.15, 0.2) is 0 Å². The van der Waals surface area contributed by atoms with Crippen molar-refractivity contribution in [2.45, 2.75) is 19.5 Å². The Kier molecular flexibility index (Phi) is 3.63. The Balaban J connectivity index is 2.66. The molecular formula is C11H14FNO. The van der Waals surface area contributed by atoms with Gasteiger partial charge in [0.05, 0.1) is 6.42 Å². The van der Waals surface area contributed by atoms with E-state index in [0.717, 1.165) is 5.69 Å². The van der Waals surface area contributed by atoms with E-state index in [9.17, 15) is 9.18 Å². The van der Waals surface area contributed by atoms with Crippen LogP contribution in [0.5, 0.6) is 0 Å². The molecule has 1 rings (SSSR count). The molecule has 0 saturated carbocycles. The van der Waals surface area contributed by atoms with E-state index >= 15 is 0 Å². The van der Waals surface area contributed by atoms with E-state index in [1.807, 2.05) is 30.3 Å². The molecule has 1 atom stereocenters. The summed E-state index contributed by atoms with van der Waals surface area (Å²) >= 11 is 0. The van der Waals surface area contributed by atoms with E-state index in [2.05, 4.69) is 0 Å². The van der Waals surface area contributed by atoms with Gasteiger partial charge < -0.3 is 4.90 Å². The number of nitrogens with zero attached hydrogens (tertiary/aromatic N) is 1. The number of para-hydroxylation sites is 1. The van der Waals surface area contributed by atoms with Crippen LogP contribution in [0.2, 0.25) is 0 Å². The van der Waals surface area contributed by atoms with Crippen LogP contribution in [-0.2, 0) is 4.79 Å². The van der Waals surface area contributed by atoms with E-state index in [1.165, 1.54) is 11.8 Å². The highest BCUT2D eigenvalue weighted by Gasteiger charge is 2.13. The Labute approximate surface area is 83.3 Å². The molecule has 0 aliphatic carbocycles. The zero-order chi connectivity index (χ0) is 10.6. The van der Waals surface area contributed by atoms with Crippen molar-refractivity contribution < 1.29 is 9.18 Å². The standard InChI is InChI=1S/C11H14FNO/c1-9(12)8-11(14)13(2)10-6-4-3-5-7-10/h3-7,9H,8H2,1-2H3. The minimum atomic E-state index is -1.09. The lowest BCUT2D eigenvalue weighted by atomic mass is 10.2. The summed E-state index contributed by atoms with van der Waals surface area (Å²) in [6.45, 7) is 1.39. The van der Waals surface area contributed by atoms with Crippen molar-refractivity contribution in [2.24, 2.45) is 0 Å². The van der Waals surface area contributed by atoms with Crippen LogP contribution in [-0.4, -0.2) is 19.1 Å². The molecule has 0 saturated heterocycles. The Morgan fingerprint density at radius 1 is 1.43 bits per heavy atom. The lowest BCUT2D eigenvalue weighted by molar-refractivity contribution is -0.119. The highest BCUT2D eigenvalue weighted by molar-refractivity contribution is 5.92. The van der Waals surface area contributed by atoms with Gasteiger partial charge in [0.1, 0.15) is 6.17 Å². The first-order valence-electron chi connectivity index (χ1n) is 4.57. The van der Waals surface area contributed by atoms with Crippen LogP contribution in [0.1, 0.15) is 13.3 Å². The smallest absolute Gasteiger partial charge is 0.229 e. The van der Waals surface area contributed by atoms with Crippen molar-refractivity contribution in [3.05, 3.63) is 30.3 Å². The fourth-order valence-corrected chi connectivity index (χ4v) is 1.17. The third-order valence-corrected chi connectivity index (χ3v) is 1.97. The number of anilines is 1. The third kappa shape index (κ3) is 2.83. The van der Waals surface area contributed by atoms with Crippen LogP contribution in [0.25, 0.3) is 0 Å². The fraction of sp³-hybridized carbons (Fsp3) is 0.364. The maximum Gasteiger partial charge on any atom is 0.229 e. The lowest BCUT2D eigenvalue weighted by Crippen LogP contribution is -2.27. The first-order valence-corrected chi connectivity index (χ1v) is 4.57. The highest BCUT2D eigenvalue weighted by atomic mass is 19.1. The molecule has 0 fully saturated rings. The van der Waals surface area contributed by atoms with Crippen LogP contribution < -0.4 is 4.90 Å². The zero-order valence-electron chi connectivity index (χ0n) is 8.40. The van der Waals surface area contributed by atoms with Crippen molar-refractivity contribution in [3.63, 3.8) is 0 Å². The van der Waals surface area contributed by atoms with Gasteiger partial charge in [-0.2, -0.15) is 0 Å². The Hall–Kier alpha value is -1.38. The van der Waals surface area contributed by atoms with Crippen molar-refractivity contribution in [2.75, 3.05) is 11.9 Å². The minimum absolute atomic E-state index is 0.0641. The summed E-state index contributed by atoms with van der Waals surface area (Å²) in [6, 6.07) is 9.21. The zero-order valence-corrected chi connectivity index (χ0v) is 8.40. The molecule has 1 unspecified atom stereocenters. The molecular weight excluding hydrogens is 181 g/mol.